The molecule has 2 aromatic carbocycles. The van der Waals surface area contributed by atoms with E-state index in [-0.39, 0.29) is 10.7 Å². The average molecular weight is 373 g/mol. The first-order valence-corrected chi connectivity index (χ1v) is 7.23. The fourth-order valence-corrected chi connectivity index (χ4v) is 2.83. The molecule has 1 atom stereocenters. The van der Waals surface area contributed by atoms with Gasteiger partial charge in [-0.15, -0.1) is 0 Å². The summed E-state index contributed by atoms with van der Waals surface area (Å²) in [5.74, 6) is -1.69. The van der Waals surface area contributed by atoms with Crippen LogP contribution in [0.2, 0.25) is 5.02 Å². The minimum absolute atomic E-state index is 0.0985. The number of benzene rings is 2. The van der Waals surface area contributed by atoms with E-state index in [1.165, 1.54) is 25.1 Å². The van der Waals surface area contributed by atoms with Gasteiger partial charge in [-0.05, 0) is 31.2 Å². The van der Waals surface area contributed by atoms with Gasteiger partial charge in [-0.25, -0.2) is 9.18 Å². The van der Waals surface area contributed by atoms with Crippen molar-refractivity contribution in [2.75, 3.05) is 5.32 Å². The van der Waals surface area contributed by atoms with Crippen LogP contribution in [0.5, 0.6) is 0 Å². The molecule has 0 aliphatic rings. The van der Waals surface area contributed by atoms with Crippen LogP contribution in [0.1, 0.15) is 12.5 Å². The lowest BCUT2D eigenvalue weighted by molar-refractivity contribution is -0.142. The molecule has 110 valence electrons. The Morgan fingerprint density at radius 2 is 2.00 bits per heavy atom. The molecule has 0 fully saturated rings. The van der Waals surface area contributed by atoms with E-state index < -0.39 is 17.3 Å². The summed E-state index contributed by atoms with van der Waals surface area (Å²) >= 11 is 9.40. The Morgan fingerprint density at radius 3 is 2.57 bits per heavy atom. The Labute approximate surface area is 134 Å². The predicted octanol–water partition coefficient (Wildman–Crippen LogP) is 4.65. The van der Waals surface area contributed by atoms with E-state index in [9.17, 15) is 14.3 Å². The van der Waals surface area contributed by atoms with Gasteiger partial charge in [0.2, 0.25) is 0 Å². The average Bonchev–Trinajstić information content (AvgIpc) is 2.41. The predicted molar refractivity (Wildman–Crippen MR) is 84.2 cm³/mol. The van der Waals surface area contributed by atoms with Crippen molar-refractivity contribution in [3.8, 4) is 0 Å². The van der Waals surface area contributed by atoms with E-state index in [1.807, 2.05) is 0 Å². The molecule has 0 aromatic heterocycles. The van der Waals surface area contributed by atoms with Crippen molar-refractivity contribution in [3.63, 3.8) is 0 Å². The molecule has 0 spiro atoms. The molecular weight excluding hydrogens is 361 g/mol. The maximum Gasteiger partial charge on any atom is 0.333 e. The number of hydrogen-bond donors (Lipinski definition) is 2. The van der Waals surface area contributed by atoms with Crippen molar-refractivity contribution in [2.45, 2.75) is 12.5 Å². The molecule has 2 rings (SSSR count). The van der Waals surface area contributed by atoms with Gasteiger partial charge in [-0.3, -0.25) is 0 Å². The van der Waals surface area contributed by atoms with Crippen LogP contribution in [-0.4, -0.2) is 11.1 Å². The van der Waals surface area contributed by atoms with Crippen LogP contribution in [0.25, 0.3) is 0 Å². The second-order valence-electron chi connectivity index (χ2n) is 4.66. The lowest BCUT2D eigenvalue weighted by Gasteiger charge is -2.29. The minimum Gasteiger partial charge on any atom is -0.479 e. The first-order valence-electron chi connectivity index (χ1n) is 6.06. The summed E-state index contributed by atoms with van der Waals surface area (Å²) in [5, 5.41) is 12.6. The van der Waals surface area contributed by atoms with Crippen molar-refractivity contribution in [1.82, 2.24) is 0 Å². The Bertz CT molecular complexity index is 695. The quantitative estimate of drug-likeness (QED) is 0.821. The SMILES string of the molecule is CC(Nc1ccccc1F)(C(=O)O)c1ccc(Br)cc1Cl. The third kappa shape index (κ3) is 3.19. The van der Waals surface area contributed by atoms with Gasteiger partial charge in [-0.2, -0.15) is 0 Å². The summed E-state index contributed by atoms with van der Waals surface area (Å²) in [6.45, 7) is 1.44. The van der Waals surface area contributed by atoms with Crippen LogP contribution in [-0.2, 0) is 10.3 Å². The summed E-state index contributed by atoms with van der Waals surface area (Å²) < 4.78 is 14.5. The van der Waals surface area contributed by atoms with E-state index in [0.29, 0.717) is 5.56 Å². The first-order chi connectivity index (χ1) is 9.84. The molecule has 3 nitrogen and oxygen atoms in total. The number of aliphatic carboxylic acids is 1. The van der Waals surface area contributed by atoms with Gasteiger partial charge in [0.15, 0.2) is 5.54 Å². The normalized spacial score (nSPS) is 13.5. The van der Waals surface area contributed by atoms with E-state index in [4.69, 9.17) is 11.6 Å². The van der Waals surface area contributed by atoms with Gasteiger partial charge < -0.3 is 10.4 Å². The molecule has 0 saturated carbocycles. The summed E-state index contributed by atoms with van der Waals surface area (Å²) in [7, 11) is 0. The molecular formula is C15H12BrClFNO2. The number of carbonyl (C=O) groups is 1. The highest BCUT2D eigenvalue weighted by Crippen LogP contribution is 2.34. The van der Waals surface area contributed by atoms with Crippen LogP contribution in [0.3, 0.4) is 0 Å². The van der Waals surface area contributed by atoms with E-state index >= 15 is 0 Å². The van der Waals surface area contributed by atoms with Crippen LogP contribution in [0, 0.1) is 5.82 Å². The van der Waals surface area contributed by atoms with Gasteiger partial charge in [0, 0.05) is 15.1 Å². The second kappa shape index (κ2) is 6.03. The number of rotatable bonds is 4. The van der Waals surface area contributed by atoms with Crippen LogP contribution < -0.4 is 5.32 Å². The highest BCUT2D eigenvalue weighted by molar-refractivity contribution is 9.10. The molecule has 0 aliphatic carbocycles. The molecule has 2 N–H and O–H groups in total. The lowest BCUT2D eigenvalue weighted by atomic mass is 9.91. The third-order valence-corrected chi connectivity index (χ3v) is 3.96. The van der Waals surface area contributed by atoms with Gasteiger partial charge in [0.05, 0.1) is 5.69 Å². The molecule has 0 heterocycles. The number of hydrogen-bond acceptors (Lipinski definition) is 2. The summed E-state index contributed by atoms with van der Waals surface area (Å²) in [6.07, 6.45) is 0. The summed E-state index contributed by atoms with van der Waals surface area (Å²) in [5.41, 5.74) is -1.11. The number of halogens is 3. The molecule has 6 heteroatoms. The fourth-order valence-electron chi connectivity index (χ4n) is 1.96. The topological polar surface area (TPSA) is 49.3 Å². The van der Waals surface area contributed by atoms with Crippen LogP contribution in [0.4, 0.5) is 10.1 Å². The van der Waals surface area contributed by atoms with E-state index in [2.05, 4.69) is 21.2 Å². The second-order valence-corrected chi connectivity index (χ2v) is 5.98. The van der Waals surface area contributed by atoms with E-state index in [1.54, 1.807) is 24.3 Å². The summed E-state index contributed by atoms with van der Waals surface area (Å²) in [6, 6.07) is 10.8. The molecule has 0 aliphatic heterocycles. The van der Waals surface area contributed by atoms with Gasteiger partial charge in [0.1, 0.15) is 5.82 Å². The van der Waals surface area contributed by atoms with Gasteiger partial charge in [-0.1, -0.05) is 45.7 Å². The zero-order chi connectivity index (χ0) is 15.6. The molecule has 1 unspecified atom stereocenters. The maximum atomic E-state index is 13.8. The van der Waals surface area contributed by atoms with E-state index in [0.717, 1.165) is 4.47 Å². The highest BCUT2D eigenvalue weighted by Gasteiger charge is 2.37. The van der Waals surface area contributed by atoms with Gasteiger partial charge in [0.25, 0.3) is 0 Å². The number of carboxylic acid groups (broad SMARTS) is 1. The number of carboxylic acids is 1. The smallest absolute Gasteiger partial charge is 0.333 e. The first kappa shape index (κ1) is 15.8. The number of anilines is 1. The molecule has 0 radical (unpaired) electrons. The van der Waals surface area contributed by atoms with Crippen LogP contribution in [0.15, 0.2) is 46.9 Å². The number of para-hydroxylation sites is 1. The lowest BCUT2D eigenvalue weighted by Crippen LogP contribution is -2.41. The molecule has 21 heavy (non-hydrogen) atoms. The Hall–Kier alpha value is -1.59. The largest absolute Gasteiger partial charge is 0.479 e. The minimum atomic E-state index is -1.56. The van der Waals surface area contributed by atoms with Crippen molar-refractivity contribution in [2.24, 2.45) is 0 Å². The Morgan fingerprint density at radius 1 is 1.33 bits per heavy atom. The van der Waals surface area contributed by atoms with Crippen molar-refractivity contribution < 1.29 is 14.3 Å². The Kier molecular flexibility index (Phi) is 4.54. The molecule has 0 saturated heterocycles. The van der Waals surface area contributed by atoms with Crippen molar-refractivity contribution >= 4 is 39.2 Å². The van der Waals surface area contributed by atoms with Crippen molar-refractivity contribution in [3.05, 3.63) is 63.3 Å². The zero-order valence-electron chi connectivity index (χ0n) is 11.0. The zero-order valence-corrected chi connectivity index (χ0v) is 13.4. The van der Waals surface area contributed by atoms with Crippen molar-refractivity contribution in [1.29, 1.82) is 0 Å². The standard InChI is InChI=1S/C15H12BrClFNO2/c1-15(14(20)21,10-7-6-9(16)8-11(10)17)19-13-5-3-2-4-12(13)18/h2-8,19H,1H3,(H,20,21). The highest BCUT2D eigenvalue weighted by atomic mass is 79.9. The van der Waals surface area contributed by atoms with Crippen LogP contribution >= 0.6 is 27.5 Å². The van der Waals surface area contributed by atoms with Gasteiger partial charge >= 0.3 is 5.97 Å². The molecule has 0 amide bonds. The maximum absolute atomic E-state index is 13.8. The summed E-state index contributed by atoms with van der Waals surface area (Å²) in [4.78, 5) is 11.7. The third-order valence-electron chi connectivity index (χ3n) is 3.16. The fraction of sp³-hybridized carbons (Fsp3) is 0.133. The Balaban J connectivity index is 2.51. The molecule has 2 aromatic rings. The monoisotopic (exact) mass is 371 g/mol. The number of nitrogens with one attached hydrogen (secondary N) is 1. The molecule has 0 bridgehead atoms.